The number of hydrogen-bond donors (Lipinski definition) is 2. The van der Waals surface area contributed by atoms with Gasteiger partial charge in [0.1, 0.15) is 0 Å². The highest BCUT2D eigenvalue weighted by Gasteiger charge is 2.14. The zero-order valence-electron chi connectivity index (χ0n) is 12.6. The zero-order valence-corrected chi connectivity index (χ0v) is 13.4. The fourth-order valence-electron chi connectivity index (χ4n) is 2.07. The number of anilines is 2. The molecular weight excluding hydrogens is 348 g/mol. The minimum atomic E-state index is -0.657. The second-order valence-corrected chi connectivity index (χ2v) is 5.35. The molecule has 0 bridgehead atoms. The molecule has 0 aliphatic heterocycles. The molecule has 0 saturated carbocycles. The van der Waals surface area contributed by atoms with Gasteiger partial charge in [-0.2, -0.15) is 0 Å². The largest absolute Gasteiger partial charge is 0.354 e. The molecule has 2 N–H and O–H groups in total. The fourth-order valence-corrected chi connectivity index (χ4v) is 2.23. The molecule has 3 aromatic rings. The number of halogens is 1. The summed E-state index contributed by atoms with van der Waals surface area (Å²) in [6.07, 6.45) is 0. The molecule has 0 radical (unpaired) electrons. The standard InChI is InChI=1S/C16H11ClN4O4/c17-12-7-6-11(21(23)24)8-13(12)18-16(22)19-15-9-14(25-20-15)10-4-2-1-3-5-10/h1-9H,(H2,18,19,20,22). The molecule has 0 saturated heterocycles. The highest BCUT2D eigenvalue weighted by molar-refractivity contribution is 6.33. The van der Waals surface area contributed by atoms with Crippen LogP contribution in [0.15, 0.2) is 59.1 Å². The third-order valence-corrected chi connectivity index (χ3v) is 3.55. The summed E-state index contributed by atoms with van der Waals surface area (Å²) in [7, 11) is 0. The lowest BCUT2D eigenvalue weighted by molar-refractivity contribution is -0.384. The lowest BCUT2D eigenvalue weighted by Crippen LogP contribution is -2.19. The number of urea groups is 1. The van der Waals surface area contributed by atoms with E-state index < -0.39 is 11.0 Å². The van der Waals surface area contributed by atoms with E-state index in [2.05, 4.69) is 15.8 Å². The number of carbonyl (C=O) groups is 1. The van der Waals surface area contributed by atoms with Crippen LogP contribution in [0.2, 0.25) is 5.02 Å². The van der Waals surface area contributed by atoms with Gasteiger partial charge < -0.3 is 9.84 Å². The Kier molecular flexibility index (Phi) is 4.62. The van der Waals surface area contributed by atoms with E-state index in [1.165, 1.54) is 18.2 Å². The van der Waals surface area contributed by atoms with Crippen molar-refractivity contribution in [1.29, 1.82) is 0 Å². The van der Waals surface area contributed by atoms with Crippen LogP contribution < -0.4 is 10.6 Å². The number of hydrogen-bond acceptors (Lipinski definition) is 5. The van der Waals surface area contributed by atoms with Crippen molar-refractivity contribution in [3.05, 3.63) is 69.7 Å². The van der Waals surface area contributed by atoms with E-state index in [0.717, 1.165) is 5.56 Å². The summed E-state index contributed by atoms with van der Waals surface area (Å²) in [6, 6.07) is 13.9. The zero-order chi connectivity index (χ0) is 17.8. The van der Waals surface area contributed by atoms with Gasteiger partial charge in [0.05, 0.1) is 15.6 Å². The Morgan fingerprint density at radius 3 is 2.60 bits per heavy atom. The number of benzene rings is 2. The number of non-ortho nitro benzene ring substituents is 1. The topological polar surface area (TPSA) is 110 Å². The van der Waals surface area contributed by atoms with Gasteiger partial charge in [-0.15, -0.1) is 0 Å². The maximum absolute atomic E-state index is 12.0. The maximum atomic E-state index is 12.0. The van der Waals surface area contributed by atoms with Crippen molar-refractivity contribution in [1.82, 2.24) is 5.16 Å². The van der Waals surface area contributed by atoms with E-state index in [9.17, 15) is 14.9 Å². The van der Waals surface area contributed by atoms with Crippen molar-refractivity contribution in [2.75, 3.05) is 10.6 Å². The van der Waals surface area contributed by atoms with Gasteiger partial charge in [0.25, 0.3) is 5.69 Å². The second-order valence-electron chi connectivity index (χ2n) is 4.94. The normalized spacial score (nSPS) is 10.3. The molecule has 9 heteroatoms. The van der Waals surface area contributed by atoms with Gasteiger partial charge in [-0.3, -0.25) is 15.4 Å². The van der Waals surface area contributed by atoms with E-state index in [1.54, 1.807) is 6.07 Å². The molecule has 0 atom stereocenters. The molecule has 1 heterocycles. The third kappa shape index (κ3) is 3.93. The third-order valence-electron chi connectivity index (χ3n) is 3.22. The summed E-state index contributed by atoms with van der Waals surface area (Å²) in [5, 5.41) is 19.6. The molecule has 25 heavy (non-hydrogen) atoms. The summed E-state index contributed by atoms with van der Waals surface area (Å²) in [5.74, 6) is 0.683. The molecule has 0 fully saturated rings. The van der Waals surface area contributed by atoms with Crippen molar-refractivity contribution < 1.29 is 14.2 Å². The van der Waals surface area contributed by atoms with Gasteiger partial charge in [-0.05, 0) is 6.07 Å². The van der Waals surface area contributed by atoms with Crippen LogP contribution in [0, 0.1) is 10.1 Å². The number of nitro benzene ring substituents is 1. The summed E-state index contributed by atoms with van der Waals surface area (Å²) >= 11 is 5.93. The Hall–Kier alpha value is -3.39. The summed E-state index contributed by atoms with van der Waals surface area (Å²) in [6.45, 7) is 0. The number of carbonyl (C=O) groups excluding carboxylic acids is 1. The predicted molar refractivity (Wildman–Crippen MR) is 92.7 cm³/mol. The number of aromatic nitrogens is 1. The molecule has 0 aliphatic carbocycles. The average Bonchev–Trinajstić information content (AvgIpc) is 3.06. The first-order valence-corrected chi connectivity index (χ1v) is 7.45. The number of nitrogens with one attached hydrogen (secondary N) is 2. The molecule has 0 unspecified atom stereocenters. The van der Waals surface area contributed by atoms with Crippen LogP contribution in [0.1, 0.15) is 0 Å². The SMILES string of the molecule is O=C(Nc1cc(-c2ccccc2)on1)Nc1cc([N+](=O)[O-])ccc1Cl. The van der Waals surface area contributed by atoms with Crippen molar-refractivity contribution in [2.45, 2.75) is 0 Å². The number of nitrogens with zero attached hydrogens (tertiary/aromatic N) is 2. The van der Waals surface area contributed by atoms with Crippen LogP contribution in [0.3, 0.4) is 0 Å². The van der Waals surface area contributed by atoms with E-state index in [1.807, 2.05) is 30.3 Å². The molecule has 1 aromatic heterocycles. The van der Waals surface area contributed by atoms with E-state index >= 15 is 0 Å². The number of nitro groups is 1. The Labute approximate surface area is 146 Å². The summed E-state index contributed by atoms with van der Waals surface area (Å²) in [5.41, 5.74) is 0.734. The first-order chi connectivity index (χ1) is 12.0. The molecule has 3 rings (SSSR count). The monoisotopic (exact) mass is 358 g/mol. The highest BCUT2D eigenvalue weighted by Crippen LogP contribution is 2.27. The molecule has 0 aliphatic rings. The lowest BCUT2D eigenvalue weighted by atomic mass is 10.2. The van der Waals surface area contributed by atoms with E-state index in [0.29, 0.717) is 5.76 Å². The average molecular weight is 359 g/mol. The van der Waals surface area contributed by atoms with Crippen LogP contribution in [0.4, 0.5) is 22.0 Å². The van der Waals surface area contributed by atoms with Crippen LogP contribution in [0.25, 0.3) is 11.3 Å². The Morgan fingerprint density at radius 1 is 1.12 bits per heavy atom. The minimum Gasteiger partial charge on any atom is -0.354 e. The van der Waals surface area contributed by atoms with Gasteiger partial charge >= 0.3 is 6.03 Å². The molecular formula is C16H11ClN4O4. The predicted octanol–water partition coefficient (Wildman–Crippen LogP) is 4.55. The van der Waals surface area contributed by atoms with Crippen LogP contribution in [0.5, 0.6) is 0 Å². The summed E-state index contributed by atoms with van der Waals surface area (Å²) < 4.78 is 5.17. The molecule has 2 aromatic carbocycles. The van der Waals surface area contributed by atoms with E-state index in [-0.39, 0.29) is 22.2 Å². The van der Waals surface area contributed by atoms with Gasteiger partial charge in [0.2, 0.25) is 0 Å². The van der Waals surface area contributed by atoms with Gasteiger partial charge in [-0.25, -0.2) is 4.79 Å². The molecule has 126 valence electrons. The number of amides is 2. The first kappa shape index (κ1) is 16.5. The minimum absolute atomic E-state index is 0.111. The Bertz CT molecular complexity index is 927. The van der Waals surface area contributed by atoms with Crippen LogP contribution >= 0.6 is 11.6 Å². The second kappa shape index (κ2) is 7.02. The first-order valence-electron chi connectivity index (χ1n) is 7.07. The van der Waals surface area contributed by atoms with E-state index in [4.69, 9.17) is 16.1 Å². The lowest BCUT2D eigenvalue weighted by Gasteiger charge is -2.06. The van der Waals surface area contributed by atoms with Crippen molar-refractivity contribution in [2.24, 2.45) is 0 Å². The Balaban J connectivity index is 1.70. The molecule has 2 amide bonds. The van der Waals surface area contributed by atoms with Crippen molar-refractivity contribution in [3.8, 4) is 11.3 Å². The van der Waals surface area contributed by atoms with Crippen molar-refractivity contribution >= 4 is 34.8 Å². The van der Waals surface area contributed by atoms with Crippen LogP contribution in [-0.2, 0) is 0 Å². The van der Waals surface area contributed by atoms with Crippen LogP contribution in [-0.4, -0.2) is 16.1 Å². The Morgan fingerprint density at radius 2 is 1.88 bits per heavy atom. The maximum Gasteiger partial charge on any atom is 0.324 e. The molecule has 8 nitrogen and oxygen atoms in total. The van der Waals surface area contributed by atoms with Crippen molar-refractivity contribution in [3.63, 3.8) is 0 Å². The summed E-state index contributed by atoms with van der Waals surface area (Å²) in [4.78, 5) is 22.2. The fraction of sp³-hybridized carbons (Fsp3) is 0. The number of rotatable bonds is 4. The van der Waals surface area contributed by atoms with Gasteiger partial charge in [0.15, 0.2) is 11.6 Å². The molecule has 0 spiro atoms. The quantitative estimate of drug-likeness (QED) is 0.525. The highest BCUT2D eigenvalue weighted by atomic mass is 35.5. The smallest absolute Gasteiger partial charge is 0.324 e. The van der Waals surface area contributed by atoms with Gasteiger partial charge in [-0.1, -0.05) is 47.1 Å². The van der Waals surface area contributed by atoms with Gasteiger partial charge in [0, 0.05) is 23.8 Å².